The van der Waals surface area contributed by atoms with Gasteiger partial charge in [-0.2, -0.15) is 0 Å². The zero-order chi connectivity index (χ0) is 13.8. The Kier molecular flexibility index (Phi) is 3.75. The van der Waals surface area contributed by atoms with Crippen molar-refractivity contribution in [3.05, 3.63) is 41.9 Å². The van der Waals surface area contributed by atoms with Crippen LogP contribution in [0.15, 0.2) is 34.7 Å². The number of furan rings is 1. The number of amides is 1. The van der Waals surface area contributed by atoms with E-state index in [2.05, 4.69) is 5.32 Å². The van der Waals surface area contributed by atoms with Gasteiger partial charge < -0.3 is 20.2 Å². The molecule has 0 atom stereocenters. The van der Waals surface area contributed by atoms with Crippen LogP contribution >= 0.6 is 0 Å². The summed E-state index contributed by atoms with van der Waals surface area (Å²) in [5, 5.41) is 2.72. The normalized spacial score (nSPS) is 10.2. The zero-order valence-electron chi connectivity index (χ0n) is 10.9. The smallest absolute Gasteiger partial charge is 0.291 e. The van der Waals surface area contributed by atoms with Crippen LogP contribution in [0.5, 0.6) is 5.75 Å². The Morgan fingerprint density at radius 3 is 2.74 bits per heavy atom. The maximum absolute atomic E-state index is 11.9. The van der Waals surface area contributed by atoms with Crippen molar-refractivity contribution < 1.29 is 13.9 Å². The lowest BCUT2D eigenvalue weighted by Gasteiger charge is -2.07. The van der Waals surface area contributed by atoms with Gasteiger partial charge in [0.2, 0.25) is 0 Å². The molecule has 5 heteroatoms. The topological polar surface area (TPSA) is 77.5 Å². The Labute approximate surface area is 111 Å². The van der Waals surface area contributed by atoms with E-state index in [0.29, 0.717) is 17.1 Å². The molecular formula is C14H16N2O3. The number of hydrogen-bond acceptors (Lipinski definition) is 4. The number of hydrogen-bond donors (Lipinski definition) is 2. The van der Waals surface area contributed by atoms with Gasteiger partial charge in [0, 0.05) is 12.1 Å². The van der Waals surface area contributed by atoms with Crippen LogP contribution in [0.3, 0.4) is 0 Å². The molecule has 0 radical (unpaired) electrons. The maximum atomic E-state index is 11.9. The summed E-state index contributed by atoms with van der Waals surface area (Å²) in [6, 6.07) is 8.50. The van der Waals surface area contributed by atoms with Gasteiger partial charge in [-0.3, -0.25) is 4.79 Å². The van der Waals surface area contributed by atoms with Gasteiger partial charge in [0.25, 0.3) is 5.91 Å². The highest BCUT2D eigenvalue weighted by molar-refractivity contribution is 6.02. The van der Waals surface area contributed by atoms with Gasteiger partial charge in [0.05, 0.1) is 12.8 Å². The van der Waals surface area contributed by atoms with E-state index in [1.807, 2.05) is 6.92 Å². The number of aryl methyl sites for hydroxylation is 1. The number of nitrogens with one attached hydrogen (secondary N) is 1. The van der Waals surface area contributed by atoms with Gasteiger partial charge in [0.15, 0.2) is 5.76 Å². The Balaban J connectivity index is 2.12. The summed E-state index contributed by atoms with van der Waals surface area (Å²) >= 11 is 0. The first kappa shape index (κ1) is 13.0. The van der Waals surface area contributed by atoms with Crippen LogP contribution in [-0.2, 0) is 6.42 Å². The van der Waals surface area contributed by atoms with Crippen LogP contribution in [0.25, 0.3) is 0 Å². The predicted octanol–water partition coefficient (Wildman–Crippen LogP) is 2.69. The van der Waals surface area contributed by atoms with Gasteiger partial charge in [-0.1, -0.05) is 6.92 Å². The number of methoxy groups -OCH3 is 1. The van der Waals surface area contributed by atoms with Crippen molar-refractivity contribution >= 4 is 17.3 Å². The SMILES string of the molecule is CCc1ccc(C(=O)Nc2ccc(OC)c(N)c2)o1. The molecule has 100 valence electrons. The summed E-state index contributed by atoms with van der Waals surface area (Å²) in [7, 11) is 1.54. The molecule has 1 amide bonds. The van der Waals surface area contributed by atoms with E-state index in [1.165, 1.54) is 0 Å². The molecule has 5 nitrogen and oxygen atoms in total. The highest BCUT2D eigenvalue weighted by Gasteiger charge is 2.11. The summed E-state index contributed by atoms with van der Waals surface area (Å²) in [5.74, 6) is 1.33. The van der Waals surface area contributed by atoms with Crippen LogP contribution in [-0.4, -0.2) is 13.0 Å². The predicted molar refractivity (Wildman–Crippen MR) is 73.4 cm³/mol. The molecule has 19 heavy (non-hydrogen) atoms. The largest absolute Gasteiger partial charge is 0.495 e. The summed E-state index contributed by atoms with van der Waals surface area (Å²) in [6.45, 7) is 1.96. The molecule has 2 rings (SSSR count). The fraction of sp³-hybridized carbons (Fsp3) is 0.214. The molecule has 0 aliphatic heterocycles. The number of ether oxygens (including phenoxy) is 1. The van der Waals surface area contributed by atoms with E-state index in [9.17, 15) is 4.79 Å². The lowest BCUT2D eigenvalue weighted by Crippen LogP contribution is -2.11. The molecule has 0 saturated heterocycles. The van der Waals surface area contributed by atoms with E-state index in [1.54, 1.807) is 37.4 Å². The van der Waals surface area contributed by atoms with Crippen molar-refractivity contribution in [3.8, 4) is 5.75 Å². The minimum Gasteiger partial charge on any atom is -0.495 e. The zero-order valence-corrected chi connectivity index (χ0v) is 10.9. The summed E-state index contributed by atoms with van der Waals surface area (Å²) in [5.41, 5.74) is 6.83. The third-order valence-electron chi connectivity index (χ3n) is 2.72. The number of rotatable bonds is 4. The van der Waals surface area contributed by atoms with Crippen molar-refractivity contribution in [3.63, 3.8) is 0 Å². The summed E-state index contributed by atoms with van der Waals surface area (Å²) in [4.78, 5) is 11.9. The van der Waals surface area contributed by atoms with Crippen molar-refractivity contribution in [2.24, 2.45) is 0 Å². The van der Waals surface area contributed by atoms with Gasteiger partial charge in [-0.05, 0) is 30.3 Å². The molecule has 1 aromatic carbocycles. The molecule has 0 aliphatic rings. The van der Waals surface area contributed by atoms with Crippen molar-refractivity contribution in [2.45, 2.75) is 13.3 Å². The number of nitrogen functional groups attached to an aromatic ring is 1. The number of nitrogens with two attached hydrogens (primary N) is 1. The molecule has 0 fully saturated rings. The second-order valence-corrected chi connectivity index (χ2v) is 4.03. The minimum atomic E-state index is -0.302. The maximum Gasteiger partial charge on any atom is 0.291 e. The van der Waals surface area contributed by atoms with Crippen LogP contribution < -0.4 is 15.8 Å². The molecule has 2 aromatic rings. The van der Waals surface area contributed by atoms with Gasteiger partial charge >= 0.3 is 0 Å². The first-order valence-electron chi connectivity index (χ1n) is 5.97. The lowest BCUT2D eigenvalue weighted by molar-refractivity contribution is 0.0995. The van der Waals surface area contributed by atoms with E-state index in [4.69, 9.17) is 14.9 Å². The van der Waals surface area contributed by atoms with Crippen LogP contribution in [0.1, 0.15) is 23.2 Å². The summed E-state index contributed by atoms with van der Waals surface area (Å²) < 4.78 is 10.4. The molecule has 0 aliphatic carbocycles. The molecule has 0 spiro atoms. The van der Waals surface area contributed by atoms with Crippen molar-refractivity contribution in [1.82, 2.24) is 0 Å². The second-order valence-electron chi connectivity index (χ2n) is 4.03. The monoisotopic (exact) mass is 260 g/mol. The first-order valence-corrected chi connectivity index (χ1v) is 5.97. The Morgan fingerprint density at radius 1 is 1.37 bits per heavy atom. The number of carbonyl (C=O) groups is 1. The number of anilines is 2. The van der Waals surface area contributed by atoms with Gasteiger partial charge in [-0.15, -0.1) is 0 Å². The minimum absolute atomic E-state index is 0.284. The van der Waals surface area contributed by atoms with E-state index < -0.39 is 0 Å². The van der Waals surface area contributed by atoms with Gasteiger partial charge in [-0.25, -0.2) is 0 Å². The lowest BCUT2D eigenvalue weighted by atomic mass is 10.2. The Hall–Kier alpha value is -2.43. The molecule has 1 heterocycles. The summed E-state index contributed by atoms with van der Waals surface area (Å²) in [6.07, 6.45) is 0.753. The van der Waals surface area contributed by atoms with E-state index in [-0.39, 0.29) is 11.7 Å². The second kappa shape index (κ2) is 5.48. The molecule has 1 aromatic heterocycles. The van der Waals surface area contributed by atoms with E-state index >= 15 is 0 Å². The van der Waals surface area contributed by atoms with Crippen LogP contribution in [0.2, 0.25) is 0 Å². The van der Waals surface area contributed by atoms with Crippen molar-refractivity contribution in [2.75, 3.05) is 18.2 Å². The highest BCUT2D eigenvalue weighted by Crippen LogP contribution is 2.25. The first-order chi connectivity index (χ1) is 9.13. The average Bonchev–Trinajstić information content (AvgIpc) is 2.88. The number of benzene rings is 1. The highest BCUT2D eigenvalue weighted by atomic mass is 16.5. The molecule has 0 saturated carbocycles. The van der Waals surface area contributed by atoms with Crippen molar-refractivity contribution in [1.29, 1.82) is 0 Å². The van der Waals surface area contributed by atoms with Gasteiger partial charge in [0.1, 0.15) is 11.5 Å². The third kappa shape index (κ3) is 2.88. The fourth-order valence-corrected chi connectivity index (χ4v) is 1.69. The molecule has 3 N–H and O–H groups in total. The van der Waals surface area contributed by atoms with Crippen LogP contribution in [0.4, 0.5) is 11.4 Å². The number of carbonyl (C=O) groups excluding carboxylic acids is 1. The van der Waals surface area contributed by atoms with E-state index in [0.717, 1.165) is 12.2 Å². The average molecular weight is 260 g/mol. The van der Waals surface area contributed by atoms with Crippen LogP contribution in [0, 0.1) is 0 Å². The molecular weight excluding hydrogens is 244 g/mol. The quantitative estimate of drug-likeness (QED) is 0.828. The standard InChI is InChI=1S/C14H16N2O3/c1-3-10-5-7-13(19-10)14(17)16-9-4-6-12(18-2)11(15)8-9/h4-8H,3,15H2,1-2H3,(H,16,17). The Morgan fingerprint density at radius 2 is 2.16 bits per heavy atom. The molecule has 0 bridgehead atoms. The fourth-order valence-electron chi connectivity index (χ4n) is 1.69. The third-order valence-corrected chi connectivity index (χ3v) is 2.72. The Bertz CT molecular complexity index is 590. The molecule has 0 unspecified atom stereocenters.